The van der Waals surface area contributed by atoms with Crippen LogP contribution in [-0.4, -0.2) is 57.7 Å². The second kappa shape index (κ2) is 8.87. The lowest BCUT2D eigenvalue weighted by Crippen LogP contribution is -2.45. The van der Waals surface area contributed by atoms with E-state index in [1.165, 1.54) is 38.1 Å². The van der Waals surface area contributed by atoms with Gasteiger partial charge in [-0.05, 0) is 70.0 Å². The normalized spacial score (nSPS) is 17.8. The molecule has 166 valence electrons. The molecule has 5 nitrogen and oxygen atoms in total. The minimum atomic E-state index is -0.295. The second-order valence-electron chi connectivity index (χ2n) is 8.94. The van der Waals surface area contributed by atoms with Crippen molar-refractivity contribution in [1.82, 2.24) is 19.6 Å². The van der Waals surface area contributed by atoms with Crippen molar-refractivity contribution in [2.45, 2.75) is 38.6 Å². The highest BCUT2D eigenvalue weighted by Crippen LogP contribution is 2.28. The summed E-state index contributed by atoms with van der Waals surface area (Å²) in [4.78, 5) is 18.1. The molecular formula is C26H29FN4O. The lowest BCUT2D eigenvalue weighted by molar-refractivity contribution is 0.0645. The third-order valence-corrected chi connectivity index (χ3v) is 6.77. The zero-order chi connectivity index (χ0) is 22.1. The maximum atomic E-state index is 13.6. The van der Waals surface area contributed by atoms with Crippen molar-refractivity contribution in [3.8, 4) is 16.9 Å². The number of aromatic nitrogens is 2. The predicted octanol–water partition coefficient (Wildman–Crippen LogP) is 4.69. The van der Waals surface area contributed by atoms with Crippen LogP contribution in [0.2, 0.25) is 0 Å². The van der Waals surface area contributed by atoms with E-state index in [-0.39, 0.29) is 11.7 Å². The Morgan fingerprint density at radius 2 is 1.59 bits per heavy atom. The lowest BCUT2D eigenvalue weighted by atomic mass is 10.0. The number of aryl methyl sites for hydroxylation is 1. The van der Waals surface area contributed by atoms with Gasteiger partial charge in [-0.25, -0.2) is 9.07 Å². The van der Waals surface area contributed by atoms with Gasteiger partial charge in [-0.15, -0.1) is 0 Å². The number of nitrogens with zero attached hydrogens (tertiary/aromatic N) is 4. The number of carbonyl (C=O) groups is 1. The van der Waals surface area contributed by atoms with Crippen molar-refractivity contribution in [3.63, 3.8) is 0 Å². The number of carbonyl (C=O) groups excluding carboxylic acids is 1. The van der Waals surface area contributed by atoms with Gasteiger partial charge in [-0.2, -0.15) is 5.10 Å². The highest BCUT2D eigenvalue weighted by Gasteiger charge is 2.30. The van der Waals surface area contributed by atoms with Crippen LogP contribution in [0.5, 0.6) is 0 Å². The van der Waals surface area contributed by atoms with Gasteiger partial charge in [0.05, 0.1) is 11.3 Å². The Balaban J connectivity index is 1.43. The molecule has 0 unspecified atom stereocenters. The van der Waals surface area contributed by atoms with Gasteiger partial charge in [0.25, 0.3) is 5.91 Å². The van der Waals surface area contributed by atoms with E-state index < -0.39 is 0 Å². The first-order chi connectivity index (χ1) is 15.6. The predicted molar refractivity (Wildman–Crippen MR) is 123 cm³/mol. The topological polar surface area (TPSA) is 41.4 Å². The van der Waals surface area contributed by atoms with E-state index in [4.69, 9.17) is 5.10 Å². The smallest absolute Gasteiger partial charge is 0.257 e. The molecule has 0 atom stereocenters. The van der Waals surface area contributed by atoms with Crippen molar-refractivity contribution in [2.24, 2.45) is 0 Å². The first-order valence-electron chi connectivity index (χ1n) is 11.5. The maximum absolute atomic E-state index is 13.6. The van der Waals surface area contributed by atoms with E-state index in [1.54, 1.807) is 23.0 Å². The molecule has 3 heterocycles. The van der Waals surface area contributed by atoms with Gasteiger partial charge in [0.2, 0.25) is 0 Å². The number of rotatable bonds is 4. The third kappa shape index (κ3) is 4.19. The average molecular weight is 433 g/mol. The van der Waals surface area contributed by atoms with Gasteiger partial charge in [0, 0.05) is 30.9 Å². The molecule has 1 aromatic heterocycles. The standard InChI is InChI=1S/C26H29FN4O/c1-19-4-6-20(7-5-19)25-24(18-31(28-25)23-10-8-21(27)9-11-23)26(32)30-16-12-22(13-17-30)29-14-2-3-15-29/h4-11,18,22H,2-3,12-17H2,1H3. The number of hydrogen-bond donors (Lipinski definition) is 0. The second-order valence-corrected chi connectivity index (χ2v) is 8.94. The molecule has 1 amide bonds. The minimum Gasteiger partial charge on any atom is -0.338 e. The fourth-order valence-corrected chi connectivity index (χ4v) is 4.89. The van der Waals surface area contributed by atoms with E-state index in [2.05, 4.69) is 4.90 Å². The Labute approximate surface area is 188 Å². The molecular weight excluding hydrogens is 403 g/mol. The molecule has 0 bridgehead atoms. The number of halogens is 1. The molecule has 32 heavy (non-hydrogen) atoms. The Morgan fingerprint density at radius 1 is 0.938 bits per heavy atom. The molecule has 2 aromatic carbocycles. The van der Waals surface area contributed by atoms with Gasteiger partial charge in [0.1, 0.15) is 11.5 Å². The Hall–Kier alpha value is -2.99. The summed E-state index contributed by atoms with van der Waals surface area (Å²) < 4.78 is 15.1. The zero-order valence-electron chi connectivity index (χ0n) is 18.5. The summed E-state index contributed by atoms with van der Waals surface area (Å²) in [6.07, 6.45) is 6.43. The van der Waals surface area contributed by atoms with E-state index in [0.717, 1.165) is 42.7 Å². The van der Waals surface area contributed by atoms with Gasteiger partial charge >= 0.3 is 0 Å². The number of hydrogen-bond acceptors (Lipinski definition) is 3. The fraction of sp³-hybridized carbons (Fsp3) is 0.385. The van der Waals surface area contributed by atoms with Gasteiger partial charge in [-0.3, -0.25) is 4.79 Å². The molecule has 2 aliphatic heterocycles. The van der Waals surface area contributed by atoms with Gasteiger partial charge < -0.3 is 9.80 Å². The third-order valence-electron chi connectivity index (χ3n) is 6.77. The molecule has 3 aromatic rings. The monoisotopic (exact) mass is 432 g/mol. The number of likely N-dealkylation sites (tertiary alicyclic amines) is 2. The molecule has 2 saturated heterocycles. The van der Waals surface area contributed by atoms with E-state index >= 15 is 0 Å². The quantitative estimate of drug-likeness (QED) is 0.601. The number of amides is 1. The van der Waals surface area contributed by atoms with Crippen LogP contribution in [0.15, 0.2) is 54.7 Å². The van der Waals surface area contributed by atoms with E-state index in [9.17, 15) is 9.18 Å². The molecule has 5 rings (SSSR count). The van der Waals surface area contributed by atoms with Crippen molar-refractivity contribution in [3.05, 3.63) is 71.7 Å². The van der Waals surface area contributed by atoms with E-state index in [0.29, 0.717) is 17.3 Å². The van der Waals surface area contributed by atoms with E-state index in [1.807, 2.05) is 36.1 Å². The summed E-state index contributed by atoms with van der Waals surface area (Å²) in [6.45, 7) is 5.98. The van der Waals surface area contributed by atoms with Crippen molar-refractivity contribution >= 4 is 5.91 Å². The molecule has 0 spiro atoms. The maximum Gasteiger partial charge on any atom is 0.257 e. The largest absolute Gasteiger partial charge is 0.338 e. The van der Waals surface area contributed by atoms with Crippen LogP contribution in [0.3, 0.4) is 0 Å². The molecule has 0 aliphatic carbocycles. The number of piperidine rings is 1. The first-order valence-corrected chi connectivity index (χ1v) is 11.5. The summed E-state index contributed by atoms with van der Waals surface area (Å²) in [7, 11) is 0. The fourth-order valence-electron chi connectivity index (χ4n) is 4.89. The summed E-state index contributed by atoms with van der Waals surface area (Å²) >= 11 is 0. The molecule has 0 radical (unpaired) electrons. The highest BCUT2D eigenvalue weighted by atomic mass is 19.1. The SMILES string of the molecule is Cc1ccc(-c2nn(-c3ccc(F)cc3)cc2C(=O)N2CCC(N3CCCC3)CC2)cc1. The molecule has 0 saturated carbocycles. The van der Waals surface area contributed by atoms with Gasteiger partial charge in [-0.1, -0.05) is 29.8 Å². The van der Waals surface area contributed by atoms with Crippen LogP contribution >= 0.6 is 0 Å². The zero-order valence-corrected chi connectivity index (χ0v) is 18.5. The lowest BCUT2D eigenvalue weighted by Gasteiger charge is -2.36. The molecule has 2 fully saturated rings. The van der Waals surface area contributed by atoms with Crippen LogP contribution in [0, 0.1) is 12.7 Å². The van der Waals surface area contributed by atoms with Crippen LogP contribution in [0.25, 0.3) is 16.9 Å². The van der Waals surface area contributed by atoms with Crippen LogP contribution in [-0.2, 0) is 0 Å². The van der Waals surface area contributed by atoms with Crippen LogP contribution < -0.4 is 0 Å². The summed E-state index contributed by atoms with van der Waals surface area (Å²) in [5.41, 5.74) is 4.06. The molecule has 0 N–H and O–H groups in total. The van der Waals surface area contributed by atoms with Crippen LogP contribution in [0.4, 0.5) is 4.39 Å². The Bertz CT molecular complexity index is 1080. The van der Waals surface area contributed by atoms with Crippen LogP contribution in [0.1, 0.15) is 41.6 Å². The highest BCUT2D eigenvalue weighted by molar-refractivity contribution is 6.00. The van der Waals surface area contributed by atoms with Crippen molar-refractivity contribution in [1.29, 1.82) is 0 Å². The molecule has 6 heteroatoms. The first kappa shape index (κ1) is 20.9. The Kier molecular flexibility index (Phi) is 5.79. The Morgan fingerprint density at radius 3 is 2.25 bits per heavy atom. The minimum absolute atomic E-state index is 0.0220. The summed E-state index contributed by atoms with van der Waals surface area (Å²) in [5.74, 6) is -0.273. The van der Waals surface area contributed by atoms with Crippen molar-refractivity contribution < 1.29 is 9.18 Å². The molecule has 2 aliphatic rings. The van der Waals surface area contributed by atoms with Crippen molar-refractivity contribution in [2.75, 3.05) is 26.2 Å². The number of benzene rings is 2. The average Bonchev–Trinajstić information content (AvgIpc) is 3.51. The van der Waals surface area contributed by atoms with Gasteiger partial charge in [0.15, 0.2) is 0 Å². The summed E-state index contributed by atoms with van der Waals surface area (Å²) in [6, 6.07) is 14.8. The summed E-state index contributed by atoms with van der Waals surface area (Å²) in [5, 5.41) is 4.74.